The van der Waals surface area contributed by atoms with Gasteiger partial charge in [-0.05, 0) is 41.3 Å². The van der Waals surface area contributed by atoms with Gasteiger partial charge in [-0.3, -0.25) is 0 Å². The second-order valence-corrected chi connectivity index (χ2v) is 4.57. The normalized spacial score (nSPS) is 10.6. The monoisotopic (exact) mass is 328 g/mol. The molecule has 0 aliphatic carbocycles. The maximum atomic E-state index is 5.47. The van der Waals surface area contributed by atoms with Crippen molar-refractivity contribution in [3.05, 3.63) is 39.8 Å². The van der Waals surface area contributed by atoms with E-state index in [-0.39, 0.29) is 0 Å². The standard InChI is InChI=1S/C12H13IN2O/c1-2-14-7-9-8-16-12(15-9)10-5-3-4-6-11(10)13/h3-6,8,14H,2,7H2,1H3. The Kier molecular flexibility index (Phi) is 3.95. The van der Waals surface area contributed by atoms with E-state index in [1.807, 2.05) is 24.3 Å². The fourth-order valence-corrected chi connectivity index (χ4v) is 2.02. The lowest BCUT2D eigenvalue weighted by atomic mass is 10.2. The molecule has 0 saturated carbocycles. The van der Waals surface area contributed by atoms with E-state index in [4.69, 9.17) is 4.42 Å². The van der Waals surface area contributed by atoms with Crippen LogP contribution in [0.1, 0.15) is 12.6 Å². The molecule has 0 fully saturated rings. The number of benzene rings is 1. The van der Waals surface area contributed by atoms with Gasteiger partial charge in [0.25, 0.3) is 0 Å². The average Bonchev–Trinajstić information content (AvgIpc) is 2.75. The Bertz CT molecular complexity index is 468. The summed E-state index contributed by atoms with van der Waals surface area (Å²) >= 11 is 2.29. The summed E-state index contributed by atoms with van der Waals surface area (Å²) in [6.07, 6.45) is 1.71. The third-order valence-electron chi connectivity index (χ3n) is 2.21. The summed E-state index contributed by atoms with van der Waals surface area (Å²) in [4.78, 5) is 4.44. The number of nitrogens with one attached hydrogen (secondary N) is 1. The fourth-order valence-electron chi connectivity index (χ4n) is 1.40. The summed E-state index contributed by atoms with van der Waals surface area (Å²) in [7, 11) is 0. The minimum atomic E-state index is 0.693. The quantitative estimate of drug-likeness (QED) is 0.877. The van der Waals surface area contributed by atoms with E-state index in [1.165, 1.54) is 0 Å². The van der Waals surface area contributed by atoms with Crippen LogP contribution in [0.25, 0.3) is 11.5 Å². The smallest absolute Gasteiger partial charge is 0.227 e. The van der Waals surface area contributed by atoms with Gasteiger partial charge in [0.2, 0.25) is 5.89 Å². The predicted octanol–water partition coefficient (Wildman–Crippen LogP) is 3.06. The van der Waals surface area contributed by atoms with E-state index in [1.54, 1.807) is 6.26 Å². The Morgan fingerprint density at radius 2 is 2.19 bits per heavy atom. The van der Waals surface area contributed by atoms with Crippen LogP contribution in [-0.4, -0.2) is 11.5 Å². The van der Waals surface area contributed by atoms with Crippen LogP contribution in [0.2, 0.25) is 0 Å². The first-order valence-electron chi connectivity index (χ1n) is 5.21. The summed E-state index contributed by atoms with van der Waals surface area (Å²) in [5.41, 5.74) is 1.99. The molecule has 1 aromatic heterocycles. The second-order valence-electron chi connectivity index (χ2n) is 3.40. The largest absolute Gasteiger partial charge is 0.444 e. The maximum absolute atomic E-state index is 5.47. The van der Waals surface area contributed by atoms with Crippen molar-refractivity contribution in [3.8, 4) is 11.5 Å². The van der Waals surface area contributed by atoms with Crippen molar-refractivity contribution in [3.63, 3.8) is 0 Å². The van der Waals surface area contributed by atoms with Crippen molar-refractivity contribution in [2.45, 2.75) is 13.5 Å². The highest BCUT2D eigenvalue weighted by molar-refractivity contribution is 14.1. The number of halogens is 1. The molecule has 0 radical (unpaired) electrons. The number of nitrogens with zero attached hydrogens (tertiary/aromatic N) is 1. The predicted molar refractivity (Wildman–Crippen MR) is 72.0 cm³/mol. The molecule has 0 atom stereocenters. The van der Waals surface area contributed by atoms with Crippen LogP contribution in [0.15, 0.2) is 34.9 Å². The van der Waals surface area contributed by atoms with Crippen molar-refractivity contribution in [1.82, 2.24) is 10.3 Å². The minimum absolute atomic E-state index is 0.693. The third kappa shape index (κ3) is 2.62. The molecule has 0 saturated heterocycles. The Morgan fingerprint density at radius 1 is 1.38 bits per heavy atom. The van der Waals surface area contributed by atoms with Crippen molar-refractivity contribution < 1.29 is 4.42 Å². The molecule has 4 heteroatoms. The van der Waals surface area contributed by atoms with Gasteiger partial charge >= 0.3 is 0 Å². The first-order valence-corrected chi connectivity index (χ1v) is 6.29. The van der Waals surface area contributed by atoms with E-state index in [2.05, 4.69) is 39.8 Å². The zero-order chi connectivity index (χ0) is 11.4. The number of hydrogen-bond acceptors (Lipinski definition) is 3. The molecule has 1 N–H and O–H groups in total. The molecule has 0 unspecified atom stereocenters. The molecule has 0 aliphatic rings. The van der Waals surface area contributed by atoms with Crippen molar-refractivity contribution in [2.75, 3.05) is 6.54 Å². The number of oxazole rings is 1. The first-order chi connectivity index (χ1) is 7.81. The van der Waals surface area contributed by atoms with Gasteiger partial charge in [0.15, 0.2) is 0 Å². The Morgan fingerprint density at radius 3 is 2.94 bits per heavy atom. The highest BCUT2D eigenvalue weighted by Gasteiger charge is 2.08. The van der Waals surface area contributed by atoms with Gasteiger partial charge in [-0.25, -0.2) is 4.98 Å². The van der Waals surface area contributed by atoms with Crippen LogP contribution in [0.3, 0.4) is 0 Å². The van der Waals surface area contributed by atoms with Crippen molar-refractivity contribution in [2.24, 2.45) is 0 Å². The average molecular weight is 328 g/mol. The minimum Gasteiger partial charge on any atom is -0.444 e. The van der Waals surface area contributed by atoms with Gasteiger partial charge in [-0.1, -0.05) is 19.1 Å². The van der Waals surface area contributed by atoms with Crippen LogP contribution in [0.4, 0.5) is 0 Å². The van der Waals surface area contributed by atoms with Crippen LogP contribution in [-0.2, 0) is 6.54 Å². The molecule has 16 heavy (non-hydrogen) atoms. The van der Waals surface area contributed by atoms with Crippen molar-refractivity contribution >= 4 is 22.6 Å². The molecule has 0 spiro atoms. The summed E-state index contributed by atoms with van der Waals surface area (Å²) < 4.78 is 6.62. The van der Waals surface area contributed by atoms with E-state index in [9.17, 15) is 0 Å². The molecule has 1 aromatic carbocycles. The maximum Gasteiger partial charge on any atom is 0.227 e. The van der Waals surface area contributed by atoms with Gasteiger partial charge in [-0.2, -0.15) is 0 Å². The Labute approximate surface area is 108 Å². The van der Waals surface area contributed by atoms with E-state index < -0.39 is 0 Å². The molecular formula is C12H13IN2O. The lowest BCUT2D eigenvalue weighted by Crippen LogP contribution is -2.11. The third-order valence-corrected chi connectivity index (χ3v) is 3.15. The summed E-state index contributed by atoms with van der Waals surface area (Å²) in [6, 6.07) is 8.06. The highest BCUT2D eigenvalue weighted by Crippen LogP contribution is 2.24. The second kappa shape index (κ2) is 5.45. The fraction of sp³-hybridized carbons (Fsp3) is 0.250. The Hall–Kier alpha value is -0.880. The summed E-state index contributed by atoms with van der Waals surface area (Å²) in [6.45, 7) is 3.76. The van der Waals surface area contributed by atoms with Gasteiger partial charge in [0, 0.05) is 10.1 Å². The summed E-state index contributed by atoms with van der Waals surface area (Å²) in [5, 5.41) is 3.22. The van der Waals surface area contributed by atoms with Crippen LogP contribution >= 0.6 is 22.6 Å². The molecular weight excluding hydrogens is 315 g/mol. The number of aromatic nitrogens is 1. The van der Waals surface area contributed by atoms with Crippen LogP contribution < -0.4 is 5.32 Å². The first kappa shape index (κ1) is 11.6. The highest BCUT2D eigenvalue weighted by atomic mass is 127. The van der Waals surface area contributed by atoms with Gasteiger partial charge < -0.3 is 9.73 Å². The van der Waals surface area contributed by atoms with E-state index in [0.29, 0.717) is 5.89 Å². The molecule has 2 rings (SSSR count). The molecule has 84 valence electrons. The molecule has 0 amide bonds. The zero-order valence-electron chi connectivity index (χ0n) is 9.03. The molecule has 3 nitrogen and oxygen atoms in total. The molecule has 1 heterocycles. The number of hydrogen-bond donors (Lipinski definition) is 1. The van der Waals surface area contributed by atoms with Crippen LogP contribution in [0.5, 0.6) is 0 Å². The lowest BCUT2D eigenvalue weighted by Gasteiger charge is -1.98. The summed E-state index contributed by atoms with van der Waals surface area (Å²) in [5.74, 6) is 0.693. The SMILES string of the molecule is CCNCc1coc(-c2ccccc2I)n1. The Balaban J connectivity index is 2.22. The van der Waals surface area contributed by atoms with Gasteiger partial charge in [0.1, 0.15) is 6.26 Å². The van der Waals surface area contributed by atoms with Gasteiger partial charge in [-0.15, -0.1) is 0 Å². The number of rotatable bonds is 4. The van der Waals surface area contributed by atoms with Gasteiger partial charge in [0.05, 0.1) is 11.3 Å². The van der Waals surface area contributed by atoms with E-state index in [0.717, 1.165) is 27.9 Å². The molecule has 0 bridgehead atoms. The van der Waals surface area contributed by atoms with E-state index >= 15 is 0 Å². The molecule has 0 aliphatic heterocycles. The topological polar surface area (TPSA) is 38.1 Å². The van der Waals surface area contributed by atoms with Crippen molar-refractivity contribution in [1.29, 1.82) is 0 Å². The lowest BCUT2D eigenvalue weighted by molar-refractivity contribution is 0.570. The van der Waals surface area contributed by atoms with Crippen LogP contribution in [0, 0.1) is 3.57 Å². The zero-order valence-corrected chi connectivity index (χ0v) is 11.2. The molecule has 2 aromatic rings.